The first-order valence-corrected chi connectivity index (χ1v) is 7.57. The van der Waals surface area contributed by atoms with Crippen LogP contribution in [-0.4, -0.2) is 22.4 Å². The molecule has 0 atom stereocenters. The van der Waals surface area contributed by atoms with Crippen LogP contribution in [0.1, 0.15) is 21.9 Å². The van der Waals surface area contributed by atoms with Gasteiger partial charge in [0.1, 0.15) is 17.3 Å². The number of hydrogen-bond donors (Lipinski definition) is 2. The molecule has 1 heterocycles. The highest BCUT2D eigenvalue weighted by Gasteiger charge is 2.12. The van der Waals surface area contributed by atoms with Crippen LogP contribution in [0.5, 0.6) is 0 Å². The maximum atomic E-state index is 12.4. The van der Waals surface area contributed by atoms with Gasteiger partial charge in [-0.15, -0.1) is 6.58 Å². The number of anilines is 2. The molecule has 0 saturated carbocycles. The molecule has 0 fully saturated rings. The zero-order chi connectivity index (χ0) is 16.1. The summed E-state index contributed by atoms with van der Waals surface area (Å²) in [5.74, 6) is 0.847. The molecule has 0 saturated heterocycles. The van der Waals surface area contributed by atoms with Crippen molar-refractivity contribution < 1.29 is 4.79 Å². The number of carbonyl (C=O) groups is 1. The van der Waals surface area contributed by atoms with Gasteiger partial charge >= 0.3 is 0 Å². The smallest absolute Gasteiger partial charge is 0.274 e. The third-order valence-corrected chi connectivity index (χ3v) is 3.53. The van der Waals surface area contributed by atoms with Crippen molar-refractivity contribution in [2.24, 2.45) is 0 Å². The summed E-state index contributed by atoms with van der Waals surface area (Å²) in [5, 5.41) is 5.89. The molecule has 114 valence electrons. The fourth-order valence-corrected chi connectivity index (χ4v) is 2.45. The lowest BCUT2D eigenvalue weighted by Gasteiger charge is -2.09. The summed E-state index contributed by atoms with van der Waals surface area (Å²) >= 11 is 3.44. The van der Waals surface area contributed by atoms with Crippen LogP contribution in [0.3, 0.4) is 0 Å². The highest BCUT2D eigenvalue weighted by Crippen LogP contribution is 2.24. The standard InChI is InChI=1S/C16H17BrN4O/c1-4-7-18-15-9-14(19-11(3)20-15)16(22)21-13-6-5-10(2)8-12(13)17/h4-6,8-9H,1,7H2,2-3H3,(H,21,22)(H,18,19,20). The van der Waals surface area contributed by atoms with Crippen LogP contribution in [0.4, 0.5) is 11.5 Å². The number of amides is 1. The van der Waals surface area contributed by atoms with E-state index in [1.165, 1.54) is 0 Å². The zero-order valence-electron chi connectivity index (χ0n) is 12.5. The second kappa shape index (κ2) is 7.17. The monoisotopic (exact) mass is 360 g/mol. The largest absolute Gasteiger partial charge is 0.366 e. The number of halogens is 1. The van der Waals surface area contributed by atoms with Gasteiger partial charge in [-0.05, 0) is 47.5 Å². The van der Waals surface area contributed by atoms with Crippen molar-refractivity contribution in [3.8, 4) is 0 Å². The molecule has 2 aromatic rings. The number of aromatic nitrogens is 2. The van der Waals surface area contributed by atoms with Gasteiger partial charge in [-0.1, -0.05) is 12.1 Å². The van der Waals surface area contributed by atoms with Crippen molar-refractivity contribution >= 4 is 33.3 Å². The van der Waals surface area contributed by atoms with E-state index in [0.29, 0.717) is 29.6 Å². The maximum absolute atomic E-state index is 12.4. The third-order valence-electron chi connectivity index (χ3n) is 2.87. The van der Waals surface area contributed by atoms with E-state index in [-0.39, 0.29) is 5.91 Å². The average molecular weight is 361 g/mol. The molecule has 22 heavy (non-hydrogen) atoms. The lowest BCUT2D eigenvalue weighted by atomic mass is 10.2. The van der Waals surface area contributed by atoms with E-state index in [1.807, 2.05) is 25.1 Å². The first kappa shape index (κ1) is 16.2. The molecule has 0 spiro atoms. The Kier molecular flexibility index (Phi) is 5.27. The lowest BCUT2D eigenvalue weighted by Crippen LogP contribution is -2.16. The van der Waals surface area contributed by atoms with Gasteiger partial charge in [0.15, 0.2) is 0 Å². The summed E-state index contributed by atoms with van der Waals surface area (Å²) in [5.41, 5.74) is 2.12. The van der Waals surface area contributed by atoms with Gasteiger partial charge in [-0.25, -0.2) is 9.97 Å². The molecule has 0 aliphatic carbocycles. The van der Waals surface area contributed by atoms with Gasteiger partial charge in [-0.3, -0.25) is 4.79 Å². The molecule has 1 aromatic carbocycles. The van der Waals surface area contributed by atoms with Crippen LogP contribution in [0.15, 0.2) is 41.4 Å². The Hall–Kier alpha value is -2.21. The summed E-state index contributed by atoms with van der Waals surface area (Å²) in [6.45, 7) is 7.94. The second-order valence-corrected chi connectivity index (χ2v) is 5.65. The molecule has 1 amide bonds. The average Bonchev–Trinajstić information content (AvgIpc) is 2.47. The quantitative estimate of drug-likeness (QED) is 0.797. The SMILES string of the molecule is C=CCNc1cc(C(=O)Nc2ccc(C)cc2Br)nc(C)n1. The van der Waals surface area contributed by atoms with Crippen molar-refractivity contribution in [3.63, 3.8) is 0 Å². The maximum Gasteiger partial charge on any atom is 0.274 e. The molecular formula is C16H17BrN4O. The Bertz CT molecular complexity index is 715. The molecule has 1 aromatic heterocycles. The molecule has 2 rings (SSSR count). The van der Waals surface area contributed by atoms with E-state index in [4.69, 9.17) is 0 Å². The van der Waals surface area contributed by atoms with Gasteiger partial charge in [-0.2, -0.15) is 0 Å². The molecule has 0 unspecified atom stereocenters. The van der Waals surface area contributed by atoms with E-state index in [0.717, 1.165) is 10.0 Å². The molecule has 0 radical (unpaired) electrons. The van der Waals surface area contributed by atoms with Gasteiger partial charge in [0.25, 0.3) is 5.91 Å². The zero-order valence-corrected chi connectivity index (χ0v) is 14.1. The topological polar surface area (TPSA) is 66.9 Å². The van der Waals surface area contributed by atoms with Crippen molar-refractivity contribution in [2.45, 2.75) is 13.8 Å². The van der Waals surface area contributed by atoms with Crippen LogP contribution in [0, 0.1) is 13.8 Å². The van der Waals surface area contributed by atoms with E-state index >= 15 is 0 Å². The molecule has 2 N–H and O–H groups in total. The summed E-state index contributed by atoms with van der Waals surface area (Å²) < 4.78 is 0.830. The first-order valence-electron chi connectivity index (χ1n) is 6.77. The van der Waals surface area contributed by atoms with Crippen molar-refractivity contribution in [1.82, 2.24) is 9.97 Å². The fraction of sp³-hybridized carbons (Fsp3) is 0.188. The number of carbonyl (C=O) groups excluding carboxylic acids is 1. The Labute approximate surface area is 138 Å². The van der Waals surface area contributed by atoms with Crippen LogP contribution in [0.25, 0.3) is 0 Å². The predicted molar refractivity (Wildman–Crippen MR) is 92.3 cm³/mol. The third kappa shape index (κ3) is 4.14. The van der Waals surface area contributed by atoms with Crippen LogP contribution in [0.2, 0.25) is 0 Å². The highest BCUT2D eigenvalue weighted by atomic mass is 79.9. The number of nitrogens with zero attached hydrogens (tertiary/aromatic N) is 2. The second-order valence-electron chi connectivity index (χ2n) is 4.79. The molecular weight excluding hydrogens is 344 g/mol. The van der Waals surface area contributed by atoms with E-state index in [9.17, 15) is 4.79 Å². The van der Waals surface area contributed by atoms with Crippen molar-refractivity contribution in [3.05, 3.63) is 58.5 Å². The predicted octanol–water partition coefficient (Wildman–Crippen LogP) is 3.71. The molecule has 0 aliphatic rings. The number of rotatable bonds is 5. The van der Waals surface area contributed by atoms with Crippen LogP contribution >= 0.6 is 15.9 Å². The molecule has 5 nitrogen and oxygen atoms in total. The Balaban J connectivity index is 2.21. The molecule has 0 bridgehead atoms. The Morgan fingerprint density at radius 1 is 1.32 bits per heavy atom. The van der Waals surface area contributed by atoms with Crippen molar-refractivity contribution in [2.75, 3.05) is 17.2 Å². The number of benzene rings is 1. The van der Waals surface area contributed by atoms with Crippen LogP contribution < -0.4 is 10.6 Å². The Morgan fingerprint density at radius 3 is 2.77 bits per heavy atom. The fourth-order valence-electron chi connectivity index (χ4n) is 1.86. The van der Waals surface area contributed by atoms with Gasteiger partial charge < -0.3 is 10.6 Å². The normalized spacial score (nSPS) is 10.1. The molecule has 6 heteroatoms. The minimum absolute atomic E-state index is 0.281. The van der Waals surface area contributed by atoms with E-state index < -0.39 is 0 Å². The summed E-state index contributed by atoms with van der Waals surface area (Å²) in [7, 11) is 0. The number of hydrogen-bond acceptors (Lipinski definition) is 4. The van der Waals surface area contributed by atoms with Gasteiger partial charge in [0.05, 0.1) is 5.69 Å². The summed E-state index contributed by atoms with van der Waals surface area (Å²) in [6, 6.07) is 7.34. The minimum Gasteiger partial charge on any atom is -0.366 e. The number of aryl methyl sites for hydroxylation is 2. The Morgan fingerprint density at radius 2 is 2.09 bits per heavy atom. The first-order chi connectivity index (χ1) is 10.5. The van der Waals surface area contributed by atoms with Gasteiger partial charge in [0.2, 0.25) is 0 Å². The van der Waals surface area contributed by atoms with E-state index in [2.05, 4.69) is 43.1 Å². The molecule has 0 aliphatic heterocycles. The number of nitrogens with one attached hydrogen (secondary N) is 2. The van der Waals surface area contributed by atoms with Gasteiger partial charge in [0, 0.05) is 17.1 Å². The minimum atomic E-state index is -0.281. The summed E-state index contributed by atoms with van der Waals surface area (Å²) in [4.78, 5) is 20.8. The van der Waals surface area contributed by atoms with E-state index in [1.54, 1.807) is 19.1 Å². The van der Waals surface area contributed by atoms with Crippen LogP contribution in [-0.2, 0) is 0 Å². The summed E-state index contributed by atoms with van der Waals surface area (Å²) in [6.07, 6.45) is 1.72. The van der Waals surface area contributed by atoms with Crippen molar-refractivity contribution in [1.29, 1.82) is 0 Å². The highest BCUT2D eigenvalue weighted by molar-refractivity contribution is 9.10. The lowest BCUT2D eigenvalue weighted by molar-refractivity contribution is 0.102.